The third-order valence-corrected chi connectivity index (χ3v) is 1.92. The third kappa shape index (κ3) is 3.75. The highest BCUT2D eigenvalue weighted by Gasteiger charge is 2.01. The average molecular weight is 216 g/mol. The van der Waals surface area contributed by atoms with E-state index < -0.39 is 0 Å². The highest BCUT2D eigenvalue weighted by molar-refractivity contribution is 7.80. The van der Waals surface area contributed by atoms with Crippen LogP contribution in [0.5, 0.6) is 0 Å². The van der Waals surface area contributed by atoms with Crippen LogP contribution in [0.25, 0.3) is 0 Å². The van der Waals surface area contributed by atoms with Gasteiger partial charge in [-0.2, -0.15) is 0 Å². The Bertz CT molecular complexity index is 297. The molecule has 1 nitrogen and oxygen atoms in total. The Morgan fingerprint density at radius 1 is 1.38 bits per heavy atom. The number of thiocarbonyl (C=S) groups is 1. The fraction of sp³-hybridized carbons (Fsp3) is 0.300. The van der Waals surface area contributed by atoms with E-state index >= 15 is 0 Å². The van der Waals surface area contributed by atoms with Gasteiger partial charge in [0.2, 0.25) is 0 Å². The Labute approximate surface area is 89.9 Å². The molecule has 1 aromatic rings. The predicted molar refractivity (Wildman–Crippen MR) is 63.4 cm³/mol. The van der Waals surface area contributed by atoms with Gasteiger partial charge in [-0.15, -0.1) is 0 Å². The molecule has 72 valence electrons. The second-order valence-electron chi connectivity index (χ2n) is 2.35. The van der Waals surface area contributed by atoms with Crippen LogP contribution in [0.15, 0.2) is 18.2 Å². The molecule has 0 aliphatic rings. The van der Waals surface area contributed by atoms with Gasteiger partial charge >= 0.3 is 0 Å². The van der Waals surface area contributed by atoms with E-state index in [1.807, 2.05) is 39.0 Å². The van der Waals surface area contributed by atoms with Gasteiger partial charge in [0.15, 0.2) is 0 Å². The molecule has 0 aliphatic carbocycles. The topological polar surface area (TPSA) is 26.0 Å². The summed E-state index contributed by atoms with van der Waals surface area (Å²) >= 11 is 10.6. The van der Waals surface area contributed by atoms with Crippen molar-refractivity contribution in [2.75, 3.05) is 0 Å². The van der Waals surface area contributed by atoms with Gasteiger partial charge in [-0.25, -0.2) is 0 Å². The van der Waals surface area contributed by atoms with Crippen molar-refractivity contribution in [3.05, 3.63) is 34.3 Å². The molecule has 0 unspecified atom stereocenters. The summed E-state index contributed by atoms with van der Waals surface area (Å²) in [6, 6.07) is 5.61. The minimum atomic E-state index is 0.343. The molecular weight excluding hydrogens is 202 g/mol. The molecule has 0 amide bonds. The van der Waals surface area contributed by atoms with Crippen molar-refractivity contribution >= 4 is 28.8 Å². The Morgan fingerprint density at radius 3 is 2.31 bits per heavy atom. The lowest BCUT2D eigenvalue weighted by molar-refractivity contribution is 1.46. The molecule has 0 fully saturated rings. The predicted octanol–water partition coefficient (Wildman–Crippen LogP) is 3.31. The Morgan fingerprint density at radius 2 is 1.92 bits per heavy atom. The minimum absolute atomic E-state index is 0.343. The van der Waals surface area contributed by atoms with Crippen molar-refractivity contribution in [1.29, 1.82) is 0 Å². The molecule has 3 heteroatoms. The maximum atomic E-state index is 5.86. The highest BCUT2D eigenvalue weighted by Crippen LogP contribution is 2.16. The quantitative estimate of drug-likeness (QED) is 0.728. The fourth-order valence-electron chi connectivity index (χ4n) is 0.820. The van der Waals surface area contributed by atoms with Crippen LogP contribution in [-0.2, 0) is 0 Å². The summed E-state index contributed by atoms with van der Waals surface area (Å²) in [5.74, 6) is 0. The summed E-state index contributed by atoms with van der Waals surface area (Å²) < 4.78 is 0. The van der Waals surface area contributed by atoms with Crippen molar-refractivity contribution in [3.8, 4) is 0 Å². The van der Waals surface area contributed by atoms with Crippen molar-refractivity contribution in [2.24, 2.45) is 5.73 Å². The Balaban J connectivity index is 0.000000671. The van der Waals surface area contributed by atoms with E-state index in [-0.39, 0.29) is 0 Å². The van der Waals surface area contributed by atoms with E-state index in [0.717, 1.165) is 11.1 Å². The zero-order valence-corrected chi connectivity index (χ0v) is 9.67. The van der Waals surface area contributed by atoms with Gasteiger partial charge in [-0.3, -0.25) is 0 Å². The molecule has 0 bridgehead atoms. The van der Waals surface area contributed by atoms with E-state index in [9.17, 15) is 0 Å². The van der Waals surface area contributed by atoms with Crippen molar-refractivity contribution < 1.29 is 0 Å². The second-order valence-corrected chi connectivity index (χ2v) is 3.19. The molecule has 0 spiro atoms. The summed E-state index contributed by atoms with van der Waals surface area (Å²) in [5, 5.41) is 0.623. The smallest absolute Gasteiger partial charge is 0.105 e. The van der Waals surface area contributed by atoms with Gasteiger partial charge in [-0.05, 0) is 18.6 Å². The van der Waals surface area contributed by atoms with Crippen LogP contribution < -0.4 is 5.73 Å². The van der Waals surface area contributed by atoms with Crippen LogP contribution in [0, 0.1) is 6.92 Å². The summed E-state index contributed by atoms with van der Waals surface area (Å²) in [5.41, 5.74) is 7.26. The molecule has 0 atom stereocenters. The number of hydrogen-bond donors (Lipinski definition) is 1. The number of nitrogens with two attached hydrogens (primary N) is 1. The van der Waals surface area contributed by atoms with Gasteiger partial charge < -0.3 is 5.73 Å². The maximum Gasteiger partial charge on any atom is 0.105 e. The zero-order valence-electron chi connectivity index (χ0n) is 8.10. The molecule has 0 heterocycles. The lowest BCUT2D eigenvalue weighted by atomic mass is 10.1. The average Bonchev–Trinajstić information content (AvgIpc) is 2.07. The molecule has 0 aromatic heterocycles. The van der Waals surface area contributed by atoms with Crippen LogP contribution >= 0.6 is 23.8 Å². The van der Waals surface area contributed by atoms with E-state index in [0.29, 0.717) is 10.0 Å². The zero-order chi connectivity index (χ0) is 10.4. The van der Waals surface area contributed by atoms with Crippen molar-refractivity contribution in [2.45, 2.75) is 20.8 Å². The first kappa shape index (κ1) is 12.4. The molecule has 1 rings (SSSR count). The molecule has 0 saturated carbocycles. The number of benzene rings is 1. The van der Waals surface area contributed by atoms with Crippen LogP contribution in [0.3, 0.4) is 0 Å². The molecule has 0 aliphatic heterocycles. The maximum absolute atomic E-state index is 5.86. The van der Waals surface area contributed by atoms with Gasteiger partial charge in [-0.1, -0.05) is 49.8 Å². The third-order valence-electron chi connectivity index (χ3n) is 1.39. The van der Waals surface area contributed by atoms with E-state index in [4.69, 9.17) is 29.6 Å². The minimum Gasteiger partial charge on any atom is -0.389 e. The van der Waals surface area contributed by atoms with Crippen LogP contribution in [0.1, 0.15) is 25.0 Å². The summed E-state index contributed by atoms with van der Waals surface area (Å²) in [6.45, 7) is 5.97. The summed E-state index contributed by atoms with van der Waals surface area (Å²) in [4.78, 5) is 0.343. The first-order chi connectivity index (χ1) is 6.11. The monoisotopic (exact) mass is 215 g/mol. The Hall–Kier alpha value is -0.600. The Kier molecular flexibility index (Phi) is 5.67. The van der Waals surface area contributed by atoms with Crippen LogP contribution in [0.4, 0.5) is 0 Å². The van der Waals surface area contributed by atoms with Gasteiger partial charge in [0.05, 0.1) is 5.02 Å². The lowest BCUT2D eigenvalue weighted by Gasteiger charge is -2.01. The molecule has 0 saturated heterocycles. The molecule has 13 heavy (non-hydrogen) atoms. The van der Waals surface area contributed by atoms with Gasteiger partial charge in [0.25, 0.3) is 0 Å². The summed E-state index contributed by atoms with van der Waals surface area (Å²) in [6.07, 6.45) is 0. The molecular formula is C10H14ClNS. The van der Waals surface area contributed by atoms with E-state index in [2.05, 4.69) is 0 Å². The fourth-order valence-corrected chi connectivity index (χ4v) is 1.39. The first-order valence-electron chi connectivity index (χ1n) is 4.17. The number of hydrogen-bond acceptors (Lipinski definition) is 1. The number of aryl methyl sites for hydroxylation is 1. The van der Waals surface area contributed by atoms with Gasteiger partial charge in [0, 0.05) is 5.56 Å². The molecule has 2 N–H and O–H groups in total. The summed E-state index contributed by atoms with van der Waals surface area (Å²) in [7, 11) is 0. The lowest BCUT2D eigenvalue weighted by Crippen LogP contribution is -2.09. The first-order valence-corrected chi connectivity index (χ1v) is 4.96. The second kappa shape index (κ2) is 5.95. The standard InChI is InChI=1S/C8H8ClNS.C2H6/c1-5-2-3-6(8(10)11)7(9)4-5;1-2/h2-4H,1H3,(H2,10,11);1-2H3. The number of halogens is 1. The van der Waals surface area contributed by atoms with Crippen LogP contribution in [0.2, 0.25) is 5.02 Å². The number of rotatable bonds is 1. The molecule has 1 aromatic carbocycles. The van der Waals surface area contributed by atoms with E-state index in [1.165, 1.54) is 0 Å². The largest absolute Gasteiger partial charge is 0.389 e. The van der Waals surface area contributed by atoms with Crippen molar-refractivity contribution in [1.82, 2.24) is 0 Å². The SMILES string of the molecule is CC.Cc1ccc(C(N)=S)c(Cl)c1. The van der Waals surface area contributed by atoms with Crippen LogP contribution in [-0.4, -0.2) is 4.99 Å². The molecule has 0 radical (unpaired) electrons. The highest BCUT2D eigenvalue weighted by atomic mass is 35.5. The normalized spacial score (nSPS) is 8.62. The van der Waals surface area contributed by atoms with Gasteiger partial charge in [0.1, 0.15) is 4.99 Å². The van der Waals surface area contributed by atoms with Crippen molar-refractivity contribution in [3.63, 3.8) is 0 Å². The van der Waals surface area contributed by atoms with E-state index in [1.54, 1.807) is 0 Å².